The lowest BCUT2D eigenvalue weighted by atomic mass is 10.1. The molecule has 1 saturated heterocycles. The van der Waals surface area contributed by atoms with Crippen LogP contribution in [0.15, 0.2) is 18.2 Å². The predicted molar refractivity (Wildman–Crippen MR) is 90.5 cm³/mol. The molecule has 1 heterocycles. The van der Waals surface area contributed by atoms with Crippen molar-refractivity contribution in [2.75, 3.05) is 31.2 Å². The maximum absolute atomic E-state index is 12.2. The Bertz CT molecular complexity index is 571. The smallest absolute Gasteiger partial charge is 0.227 e. The van der Waals surface area contributed by atoms with Gasteiger partial charge in [0, 0.05) is 38.4 Å². The summed E-state index contributed by atoms with van der Waals surface area (Å²) in [6.07, 6.45) is 1.07. The van der Waals surface area contributed by atoms with Crippen LogP contribution in [0.25, 0.3) is 0 Å². The number of nitrogens with one attached hydrogen (secondary N) is 1. The molecule has 1 fully saturated rings. The van der Waals surface area contributed by atoms with Gasteiger partial charge in [-0.25, -0.2) is 0 Å². The second-order valence-electron chi connectivity index (χ2n) is 6.02. The van der Waals surface area contributed by atoms with Crippen LogP contribution in [0.5, 0.6) is 0 Å². The normalized spacial score (nSPS) is 17.6. The lowest BCUT2D eigenvalue weighted by Crippen LogP contribution is -2.33. The zero-order valence-electron chi connectivity index (χ0n) is 14.2. The Hall–Kier alpha value is -1.88. The van der Waals surface area contributed by atoms with Gasteiger partial charge < -0.3 is 15.0 Å². The molecule has 1 aliphatic rings. The highest BCUT2D eigenvalue weighted by atomic mass is 16.5. The molecule has 1 atom stereocenters. The molecule has 0 aromatic heterocycles. The highest BCUT2D eigenvalue weighted by Crippen LogP contribution is 2.26. The zero-order chi connectivity index (χ0) is 16.8. The molecule has 1 N–H and O–H groups in total. The number of amides is 2. The monoisotopic (exact) mass is 318 g/mol. The third-order valence-electron chi connectivity index (χ3n) is 4.27. The van der Waals surface area contributed by atoms with Crippen molar-refractivity contribution in [2.24, 2.45) is 5.92 Å². The summed E-state index contributed by atoms with van der Waals surface area (Å²) >= 11 is 0. The molecule has 126 valence electrons. The van der Waals surface area contributed by atoms with E-state index in [4.69, 9.17) is 4.74 Å². The summed E-state index contributed by atoms with van der Waals surface area (Å²) in [6.45, 7) is 8.41. The fraction of sp³-hybridized carbons (Fsp3) is 0.556. The number of rotatable bonds is 7. The zero-order valence-corrected chi connectivity index (χ0v) is 14.2. The Labute approximate surface area is 138 Å². The van der Waals surface area contributed by atoms with Gasteiger partial charge in [0.1, 0.15) is 0 Å². The predicted octanol–water partition coefficient (Wildman–Crippen LogP) is 2.20. The highest BCUT2D eigenvalue weighted by molar-refractivity contribution is 6.00. The van der Waals surface area contributed by atoms with Gasteiger partial charge in [-0.15, -0.1) is 0 Å². The molecule has 5 heteroatoms. The van der Waals surface area contributed by atoms with Crippen LogP contribution in [0.1, 0.15) is 30.9 Å². The van der Waals surface area contributed by atoms with E-state index in [1.54, 1.807) is 4.90 Å². The van der Waals surface area contributed by atoms with Gasteiger partial charge in [-0.05, 0) is 50.5 Å². The number of ether oxygens (including phenoxy) is 1. The van der Waals surface area contributed by atoms with Crippen molar-refractivity contribution in [3.63, 3.8) is 0 Å². The summed E-state index contributed by atoms with van der Waals surface area (Å²) < 4.78 is 5.24. The first-order chi connectivity index (χ1) is 11.0. The first kappa shape index (κ1) is 17.5. The van der Waals surface area contributed by atoms with E-state index >= 15 is 0 Å². The van der Waals surface area contributed by atoms with Gasteiger partial charge in [-0.3, -0.25) is 9.59 Å². The molecule has 1 aromatic rings. The Morgan fingerprint density at radius 1 is 1.35 bits per heavy atom. The molecular weight excluding hydrogens is 292 g/mol. The second kappa shape index (κ2) is 8.11. The van der Waals surface area contributed by atoms with Gasteiger partial charge >= 0.3 is 0 Å². The van der Waals surface area contributed by atoms with Crippen molar-refractivity contribution in [1.82, 2.24) is 5.32 Å². The van der Waals surface area contributed by atoms with E-state index in [1.807, 2.05) is 39.0 Å². The minimum absolute atomic E-state index is 0.0164. The topological polar surface area (TPSA) is 58.6 Å². The van der Waals surface area contributed by atoms with Crippen LogP contribution in [0.4, 0.5) is 5.69 Å². The molecule has 0 unspecified atom stereocenters. The third-order valence-corrected chi connectivity index (χ3v) is 4.27. The lowest BCUT2D eigenvalue weighted by molar-refractivity contribution is -0.126. The van der Waals surface area contributed by atoms with Crippen molar-refractivity contribution in [2.45, 2.75) is 33.6 Å². The number of nitrogens with zero attached hydrogens (tertiary/aromatic N) is 1. The molecule has 2 rings (SSSR count). The minimum Gasteiger partial charge on any atom is -0.382 e. The molecule has 0 spiro atoms. The Morgan fingerprint density at radius 3 is 2.83 bits per heavy atom. The van der Waals surface area contributed by atoms with Crippen molar-refractivity contribution < 1.29 is 14.3 Å². The second-order valence-corrected chi connectivity index (χ2v) is 6.02. The van der Waals surface area contributed by atoms with Crippen LogP contribution in [-0.4, -0.2) is 38.1 Å². The summed E-state index contributed by atoms with van der Waals surface area (Å²) in [5.41, 5.74) is 3.23. The average molecular weight is 318 g/mol. The van der Waals surface area contributed by atoms with E-state index in [9.17, 15) is 9.59 Å². The summed E-state index contributed by atoms with van der Waals surface area (Å²) in [4.78, 5) is 26.1. The number of hydrogen-bond acceptors (Lipinski definition) is 3. The van der Waals surface area contributed by atoms with Crippen molar-refractivity contribution >= 4 is 17.5 Å². The number of carbonyl (C=O) groups excluding carboxylic acids is 2. The fourth-order valence-electron chi connectivity index (χ4n) is 2.70. The summed E-state index contributed by atoms with van der Waals surface area (Å²) in [5, 5.41) is 2.90. The van der Waals surface area contributed by atoms with E-state index in [1.165, 1.54) is 5.56 Å². The maximum Gasteiger partial charge on any atom is 0.227 e. The average Bonchev–Trinajstić information content (AvgIpc) is 2.92. The fourth-order valence-corrected chi connectivity index (χ4v) is 2.70. The van der Waals surface area contributed by atoms with E-state index in [2.05, 4.69) is 5.32 Å². The molecule has 23 heavy (non-hydrogen) atoms. The molecule has 1 aliphatic heterocycles. The third kappa shape index (κ3) is 4.55. The van der Waals surface area contributed by atoms with Crippen molar-refractivity contribution in [3.05, 3.63) is 29.3 Å². The summed E-state index contributed by atoms with van der Waals surface area (Å²) in [7, 11) is 0. The number of carbonyl (C=O) groups is 2. The molecule has 5 nitrogen and oxygen atoms in total. The molecule has 0 radical (unpaired) electrons. The number of anilines is 1. The van der Waals surface area contributed by atoms with Gasteiger partial charge in [0.25, 0.3) is 0 Å². The first-order valence-corrected chi connectivity index (χ1v) is 8.26. The van der Waals surface area contributed by atoms with Crippen molar-refractivity contribution in [3.8, 4) is 0 Å². The van der Waals surface area contributed by atoms with Crippen molar-refractivity contribution in [1.29, 1.82) is 0 Å². The van der Waals surface area contributed by atoms with Gasteiger partial charge in [0.05, 0.1) is 5.92 Å². The van der Waals surface area contributed by atoms with Gasteiger partial charge in [0.2, 0.25) is 11.8 Å². The van der Waals surface area contributed by atoms with Gasteiger partial charge in [0.15, 0.2) is 0 Å². The SMILES string of the molecule is CCOCCCNC(=O)[C@@H]1CC(=O)N(c2ccc(C)c(C)c2)C1. The minimum atomic E-state index is -0.267. The Balaban J connectivity index is 1.89. The summed E-state index contributed by atoms with van der Waals surface area (Å²) in [5.74, 6) is -0.292. The number of hydrogen-bond donors (Lipinski definition) is 1. The summed E-state index contributed by atoms with van der Waals surface area (Å²) in [6, 6.07) is 5.97. The largest absolute Gasteiger partial charge is 0.382 e. The maximum atomic E-state index is 12.2. The Morgan fingerprint density at radius 2 is 2.13 bits per heavy atom. The first-order valence-electron chi connectivity index (χ1n) is 8.26. The standard InChI is InChI=1S/C18H26N2O3/c1-4-23-9-5-8-19-18(22)15-11-17(21)20(12-15)16-7-6-13(2)14(3)10-16/h6-7,10,15H,4-5,8-9,11-12H2,1-3H3,(H,19,22)/t15-/m1/s1. The van der Waals surface area contributed by atoms with Crippen LogP contribution in [-0.2, 0) is 14.3 Å². The van der Waals surface area contributed by atoms with E-state index < -0.39 is 0 Å². The van der Waals surface area contributed by atoms with E-state index in [-0.39, 0.29) is 24.2 Å². The van der Waals surface area contributed by atoms with Crippen LogP contribution >= 0.6 is 0 Å². The van der Waals surface area contributed by atoms with Crippen LogP contribution < -0.4 is 10.2 Å². The molecule has 0 aliphatic carbocycles. The van der Waals surface area contributed by atoms with Gasteiger partial charge in [-0.2, -0.15) is 0 Å². The Kier molecular flexibility index (Phi) is 6.16. The van der Waals surface area contributed by atoms with Crippen LogP contribution in [0.3, 0.4) is 0 Å². The van der Waals surface area contributed by atoms with Crippen LogP contribution in [0.2, 0.25) is 0 Å². The molecular formula is C18H26N2O3. The quantitative estimate of drug-likeness (QED) is 0.784. The van der Waals surface area contributed by atoms with E-state index in [0.29, 0.717) is 26.3 Å². The highest BCUT2D eigenvalue weighted by Gasteiger charge is 2.34. The number of aryl methyl sites for hydroxylation is 2. The number of benzene rings is 1. The van der Waals surface area contributed by atoms with Crippen LogP contribution in [0, 0.1) is 19.8 Å². The molecule has 1 aromatic carbocycles. The molecule has 2 amide bonds. The molecule has 0 saturated carbocycles. The van der Waals surface area contributed by atoms with Gasteiger partial charge in [-0.1, -0.05) is 6.07 Å². The lowest BCUT2D eigenvalue weighted by Gasteiger charge is -2.18. The van der Waals surface area contributed by atoms with E-state index in [0.717, 1.165) is 17.7 Å². The molecule has 0 bridgehead atoms.